The van der Waals surface area contributed by atoms with Gasteiger partial charge in [-0.15, -0.1) is 11.3 Å². The number of esters is 1. The number of benzene rings is 2. The van der Waals surface area contributed by atoms with E-state index in [4.69, 9.17) is 9.47 Å². The number of rotatable bonds is 6. The molecule has 0 spiro atoms. The van der Waals surface area contributed by atoms with E-state index >= 15 is 0 Å². The zero-order valence-corrected chi connectivity index (χ0v) is 18.5. The van der Waals surface area contributed by atoms with Crippen LogP contribution in [0.3, 0.4) is 0 Å². The number of fused-ring (bicyclic) bond motifs is 1. The molecule has 1 aliphatic carbocycles. The highest BCUT2D eigenvalue weighted by atomic mass is 32.1. The number of hydrogen-bond donors (Lipinski definition) is 0. The highest BCUT2D eigenvalue weighted by Gasteiger charge is 2.30. The Hall–Kier alpha value is -2.87. The van der Waals surface area contributed by atoms with Gasteiger partial charge in [0.15, 0.2) is 0 Å². The van der Waals surface area contributed by atoms with Gasteiger partial charge in [0.2, 0.25) is 0 Å². The summed E-state index contributed by atoms with van der Waals surface area (Å²) in [5, 5.41) is 0.695. The van der Waals surface area contributed by atoms with E-state index in [0.717, 1.165) is 52.4 Å². The van der Waals surface area contributed by atoms with Gasteiger partial charge in [0.05, 0.1) is 17.9 Å². The maximum Gasteiger partial charge on any atom is 0.416 e. The number of nitrogens with zero attached hydrogens (tertiary/aromatic N) is 1. The van der Waals surface area contributed by atoms with E-state index in [1.807, 2.05) is 25.1 Å². The second kappa shape index (κ2) is 8.94. The number of ether oxygens (including phenoxy) is 2. The van der Waals surface area contributed by atoms with Crippen molar-refractivity contribution < 1.29 is 27.4 Å². The molecule has 3 aromatic rings. The standard InChI is InChI=1S/C24H22F3NO3S/c1-14-21(28-23(32-14)16-3-6-18(7-4-16)24(25,26)27)11-12-30-19-8-9-20-17(13-19)5-10-22(20)31-15(2)29/h3-4,6-9,13,22H,5,10-12H2,1-2H3. The zero-order chi connectivity index (χ0) is 22.9. The van der Waals surface area contributed by atoms with Crippen molar-refractivity contribution in [2.75, 3.05) is 6.61 Å². The summed E-state index contributed by atoms with van der Waals surface area (Å²) in [5.41, 5.74) is 3.03. The normalized spacial score (nSPS) is 15.5. The summed E-state index contributed by atoms with van der Waals surface area (Å²) in [6.07, 6.45) is -2.32. The first-order valence-corrected chi connectivity index (χ1v) is 11.1. The molecule has 0 N–H and O–H groups in total. The summed E-state index contributed by atoms with van der Waals surface area (Å²) in [5.74, 6) is 0.473. The van der Waals surface area contributed by atoms with Crippen molar-refractivity contribution in [3.8, 4) is 16.3 Å². The number of carbonyl (C=O) groups excluding carboxylic acids is 1. The van der Waals surface area contributed by atoms with Crippen molar-refractivity contribution in [2.24, 2.45) is 0 Å². The molecule has 1 aromatic heterocycles. The topological polar surface area (TPSA) is 48.4 Å². The van der Waals surface area contributed by atoms with Crippen LogP contribution >= 0.6 is 11.3 Å². The second-order valence-electron chi connectivity index (χ2n) is 7.69. The van der Waals surface area contributed by atoms with E-state index in [0.29, 0.717) is 23.6 Å². The van der Waals surface area contributed by atoms with Crippen LogP contribution in [-0.2, 0) is 28.5 Å². The molecule has 8 heteroatoms. The zero-order valence-electron chi connectivity index (χ0n) is 17.7. The van der Waals surface area contributed by atoms with Gasteiger partial charge in [-0.1, -0.05) is 18.2 Å². The largest absolute Gasteiger partial charge is 0.493 e. The van der Waals surface area contributed by atoms with E-state index < -0.39 is 11.7 Å². The number of alkyl halides is 3. The average molecular weight is 462 g/mol. The fraction of sp³-hybridized carbons (Fsp3) is 0.333. The molecule has 32 heavy (non-hydrogen) atoms. The quantitative estimate of drug-likeness (QED) is 0.404. The predicted octanol–water partition coefficient (Wildman–Crippen LogP) is 6.31. The van der Waals surface area contributed by atoms with Gasteiger partial charge in [-0.05, 0) is 55.2 Å². The molecule has 1 heterocycles. The third kappa shape index (κ3) is 4.96. The molecule has 168 valence electrons. The van der Waals surface area contributed by atoms with Crippen molar-refractivity contribution in [3.63, 3.8) is 0 Å². The first kappa shape index (κ1) is 22.3. The van der Waals surface area contributed by atoms with E-state index in [-0.39, 0.29) is 12.1 Å². The number of thiazole rings is 1. The van der Waals surface area contributed by atoms with Gasteiger partial charge in [0, 0.05) is 23.8 Å². The fourth-order valence-corrected chi connectivity index (χ4v) is 4.78. The first-order chi connectivity index (χ1) is 15.2. The SMILES string of the molecule is CC(=O)OC1CCc2cc(OCCc3nc(-c4ccc(C(F)(F)F)cc4)sc3C)ccc21. The fourth-order valence-electron chi connectivity index (χ4n) is 3.82. The van der Waals surface area contributed by atoms with Gasteiger partial charge in [-0.25, -0.2) is 4.98 Å². The highest BCUT2D eigenvalue weighted by Crippen LogP contribution is 2.36. The summed E-state index contributed by atoms with van der Waals surface area (Å²) < 4.78 is 49.6. The second-order valence-corrected chi connectivity index (χ2v) is 8.90. The van der Waals surface area contributed by atoms with E-state index in [9.17, 15) is 18.0 Å². The maximum absolute atomic E-state index is 12.8. The summed E-state index contributed by atoms with van der Waals surface area (Å²) in [6, 6.07) is 10.9. The van der Waals surface area contributed by atoms with Crippen molar-refractivity contribution in [3.05, 3.63) is 69.7 Å². The molecule has 2 aromatic carbocycles. The molecule has 0 saturated carbocycles. The molecule has 1 atom stereocenters. The van der Waals surface area contributed by atoms with E-state index in [2.05, 4.69) is 4.98 Å². The molecule has 0 radical (unpaired) electrons. The Kier molecular flexibility index (Phi) is 6.24. The lowest BCUT2D eigenvalue weighted by Crippen LogP contribution is -2.05. The molecule has 4 nitrogen and oxygen atoms in total. The maximum atomic E-state index is 12.8. The summed E-state index contributed by atoms with van der Waals surface area (Å²) in [4.78, 5) is 16.9. The minimum absolute atomic E-state index is 0.183. The number of halogens is 3. The number of aryl methyl sites for hydroxylation is 2. The van der Waals surface area contributed by atoms with Gasteiger partial charge in [-0.3, -0.25) is 4.79 Å². The van der Waals surface area contributed by atoms with Gasteiger partial charge in [0.25, 0.3) is 0 Å². The lowest BCUT2D eigenvalue weighted by Gasteiger charge is -2.12. The molecule has 4 rings (SSSR count). The smallest absolute Gasteiger partial charge is 0.416 e. The van der Waals surface area contributed by atoms with Gasteiger partial charge in [0.1, 0.15) is 16.9 Å². The molecule has 0 amide bonds. The molecule has 0 bridgehead atoms. The summed E-state index contributed by atoms with van der Waals surface area (Å²) in [6.45, 7) is 3.80. The summed E-state index contributed by atoms with van der Waals surface area (Å²) >= 11 is 1.46. The molecular weight excluding hydrogens is 439 g/mol. The lowest BCUT2D eigenvalue weighted by atomic mass is 10.1. The Morgan fingerprint density at radius 3 is 2.62 bits per heavy atom. The van der Waals surface area contributed by atoms with Crippen LogP contribution in [0.4, 0.5) is 13.2 Å². The van der Waals surface area contributed by atoms with Crippen molar-refractivity contribution in [2.45, 2.75) is 45.4 Å². The van der Waals surface area contributed by atoms with Crippen LogP contribution < -0.4 is 4.74 Å². The van der Waals surface area contributed by atoms with E-state index in [1.54, 1.807) is 0 Å². The average Bonchev–Trinajstić information content (AvgIpc) is 3.30. The highest BCUT2D eigenvalue weighted by molar-refractivity contribution is 7.15. The third-order valence-electron chi connectivity index (χ3n) is 5.40. The van der Waals surface area contributed by atoms with Crippen LogP contribution in [-0.4, -0.2) is 17.6 Å². The molecular formula is C24H22F3NO3S. The van der Waals surface area contributed by atoms with Crippen LogP contribution in [0.5, 0.6) is 5.75 Å². The molecule has 0 saturated heterocycles. The summed E-state index contributed by atoms with van der Waals surface area (Å²) in [7, 11) is 0. The number of carbonyl (C=O) groups is 1. The first-order valence-electron chi connectivity index (χ1n) is 10.3. The van der Waals surface area contributed by atoms with Crippen molar-refractivity contribution in [1.29, 1.82) is 0 Å². The van der Waals surface area contributed by atoms with Gasteiger partial charge < -0.3 is 9.47 Å². The van der Waals surface area contributed by atoms with Crippen LogP contribution in [0, 0.1) is 6.92 Å². The Labute approximate surface area is 188 Å². The van der Waals surface area contributed by atoms with Crippen molar-refractivity contribution in [1.82, 2.24) is 4.98 Å². The van der Waals surface area contributed by atoms with Crippen molar-refractivity contribution >= 4 is 17.3 Å². The Balaban J connectivity index is 1.37. The van der Waals surface area contributed by atoms with E-state index in [1.165, 1.54) is 30.4 Å². The Bertz CT molecular complexity index is 1120. The van der Waals surface area contributed by atoms with Crippen LogP contribution in [0.1, 0.15) is 46.7 Å². The molecule has 0 aliphatic heterocycles. The molecule has 1 aliphatic rings. The monoisotopic (exact) mass is 461 g/mol. The van der Waals surface area contributed by atoms with Crippen LogP contribution in [0.25, 0.3) is 10.6 Å². The van der Waals surface area contributed by atoms with Crippen LogP contribution in [0.15, 0.2) is 42.5 Å². The lowest BCUT2D eigenvalue weighted by molar-refractivity contribution is -0.146. The van der Waals surface area contributed by atoms with Crippen LogP contribution in [0.2, 0.25) is 0 Å². The molecule has 0 fully saturated rings. The number of hydrogen-bond acceptors (Lipinski definition) is 5. The van der Waals surface area contributed by atoms with Gasteiger partial charge >= 0.3 is 12.1 Å². The predicted molar refractivity (Wildman–Crippen MR) is 116 cm³/mol. The third-order valence-corrected chi connectivity index (χ3v) is 6.47. The molecule has 1 unspecified atom stereocenters. The minimum atomic E-state index is -4.35. The Morgan fingerprint density at radius 1 is 1.19 bits per heavy atom. The Morgan fingerprint density at radius 2 is 1.94 bits per heavy atom. The van der Waals surface area contributed by atoms with Gasteiger partial charge in [-0.2, -0.15) is 13.2 Å². The minimum Gasteiger partial charge on any atom is -0.493 e. The number of aromatic nitrogens is 1.